The Hall–Kier alpha value is -6.41. The maximum atomic E-state index is 13.8. The standard InChI is InChI=1S/C34H56N12O14/c1-15(2)9-21(30(56)46-26(16(3)48)32(58)42-20(33(59)60)6-7-24(49)50)43-29(55)22(10-17-12-38-14-40-17)44-31(57)23(13-47)45-28(54)19(5-4-8-39-34(36)37)41-27(53)18(35)11-25(51)52/h12,14-16,18-23,26,47-48H,4-11,13,35H2,1-3H3,(H,38,40)(H,41,53)(H,42,58)(H,43,55)(H,44,57)(H,45,54)(H,46,56)(H,49,50)(H,51,52)(H,59,60)(H4,36,37,39)/t16-,18+,19+,20+,21+,22+,23+,26+/m1/s1. The smallest absolute Gasteiger partial charge is 0.326 e. The summed E-state index contributed by atoms with van der Waals surface area (Å²) >= 11 is 0. The van der Waals surface area contributed by atoms with Crippen molar-refractivity contribution in [2.75, 3.05) is 13.2 Å². The van der Waals surface area contributed by atoms with Crippen molar-refractivity contribution < 1.29 is 68.7 Å². The van der Waals surface area contributed by atoms with Gasteiger partial charge in [0.2, 0.25) is 35.4 Å². The molecule has 0 aromatic carbocycles. The normalized spacial score (nSPS) is 15.0. The molecule has 26 nitrogen and oxygen atoms in total. The summed E-state index contributed by atoms with van der Waals surface area (Å²) in [6, 6.07) is -11.1. The number of aliphatic hydroxyl groups excluding tert-OH is 2. The first-order chi connectivity index (χ1) is 28.0. The van der Waals surface area contributed by atoms with Crippen LogP contribution in [0.4, 0.5) is 0 Å². The summed E-state index contributed by atoms with van der Waals surface area (Å²) in [6.07, 6.45) is -1.26. The zero-order valence-electron chi connectivity index (χ0n) is 33.3. The minimum Gasteiger partial charge on any atom is -0.481 e. The van der Waals surface area contributed by atoms with Crippen LogP contribution in [0.1, 0.15) is 65.0 Å². The molecule has 0 aliphatic carbocycles. The zero-order chi connectivity index (χ0) is 45.7. The molecule has 0 saturated heterocycles. The molecule has 26 heteroatoms. The van der Waals surface area contributed by atoms with Gasteiger partial charge in [0.25, 0.3) is 0 Å². The lowest BCUT2D eigenvalue weighted by atomic mass is 10.0. The van der Waals surface area contributed by atoms with Gasteiger partial charge in [0, 0.05) is 31.3 Å². The van der Waals surface area contributed by atoms with E-state index in [1.54, 1.807) is 13.8 Å². The Morgan fingerprint density at radius 2 is 1.28 bits per heavy atom. The number of aromatic nitrogens is 2. The number of aromatic amines is 1. The van der Waals surface area contributed by atoms with Crippen molar-refractivity contribution in [3.8, 4) is 0 Å². The lowest BCUT2D eigenvalue weighted by Gasteiger charge is -2.28. The number of guanidine groups is 1. The molecule has 0 saturated carbocycles. The number of carbonyl (C=O) groups is 9. The van der Waals surface area contributed by atoms with Crippen LogP contribution in [0, 0.1) is 5.92 Å². The van der Waals surface area contributed by atoms with Gasteiger partial charge in [-0.15, -0.1) is 0 Å². The molecule has 1 aromatic rings. The minimum atomic E-state index is -1.77. The van der Waals surface area contributed by atoms with E-state index >= 15 is 0 Å². The number of hydrogen-bond donors (Lipinski definition) is 15. The highest BCUT2D eigenvalue weighted by atomic mass is 16.4. The number of carboxylic acid groups (broad SMARTS) is 3. The Morgan fingerprint density at radius 1 is 0.733 bits per heavy atom. The van der Waals surface area contributed by atoms with Crippen LogP contribution in [0.3, 0.4) is 0 Å². The lowest BCUT2D eigenvalue weighted by Crippen LogP contribution is -2.61. The molecule has 0 fully saturated rings. The molecule has 0 aliphatic heterocycles. The third kappa shape index (κ3) is 19.4. The summed E-state index contributed by atoms with van der Waals surface area (Å²) in [6.45, 7) is 3.50. The van der Waals surface area contributed by atoms with Crippen molar-refractivity contribution in [1.29, 1.82) is 0 Å². The van der Waals surface area contributed by atoms with E-state index < -0.39 is 128 Å². The van der Waals surface area contributed by atoms with Gasteiger partial charge in [0.1, 0.15) is 36.3 Å². The van der Waals surface area contributed by atoms with E-state index in [1.807, 2.05) is 0 Å². The number of nitrogens with two attached hydrogens (primary N) is 3. The second kappa shape index (κ2) is 25.8. The summed E-state index contributed by atoms with van der Waals surface area (Å²) in [4.78, 5) is 124. The molecule has 8 atom stereocenters. The molecule has 0 aliphatic rings. The average molecular weight is 857 g/mol. The van der Waals surface area contributed by atoms with Gasteiger partial charge in [-0.2, -0.15) is 0 Å². The van der Waals surface area contributed by atoms with E-state index in [0.717, 1.165) is 6.92 Å². The molecule has 336 valence electrons. The number of aliphatic carboxylic acids is 3. The second-order valence-corrected chi connectivity index (χ2v) is 14.0. The van der Waals surface area contributed by atoms with Crippen molar-refractivity contribution in [3.05, 3.63) is 18.2 Å². The molecule has 1 aromatic heterocycles. The molecule has 6 amide bonds. The number of nitrogens with one attached hydrogen (secondary N) is 7. The van der Waals surface area contributed by atoms with Crippen LogP contribution in [0.2, 0.25) is 0 Å². The van der Waals surface area contributed by atoms with Crippen LogP contribution in [-0.4, -0.2) is 156 Å². The highest BCUT2D eigenvalue weighted by Crippen LogP contribution is 2.10. The van der Waals surface area contributed by atoms with Gasteiger partial charge in [-0.25, -0.2) is 9.78 Å². The number of aliphatic hydroxyl groups is 2. The fourth-order valence-corrected chi connectivity index (χ4v) is 5.32. The molecular formula is C34H56N12O14. The molecule has 0 unspecified atom stereocenters. The largest absolute Gasteiger partial charge is 0.481 e. The van der Waals surface area contributed by atoms with Crippen molar-refractivity contribution in [2.45, 2.75) is 114 Å². The van der Waals surface area contributed by atoms with Crippen LogP contribution in [0.25, 0.3) is 0 Å². The lowest BCUT2D eigenvalue weighted by molar-refractivity contribution is -0.144. The van der Waals surface area contributed by atoms with Crippen LogP contribution in [-0.2, 0) is 49.6 Å². The number of rotatable bonds is 28. The zero-order valence-corrected chi connectivity index (χ0v) is 33.3. The number of H-pyrrole nitrogens is 1. The van der Waals surface area contributed by atoms with E-state index in [1.165, 1.54) is 12.5 Å². The second-order valence-electron chi connectivity index (χ2n) is 14.0. The summed E-state index contributed by atoms with van der Waals surface area (Å²) in [5.41, 5.74) is 16.6. The topological polar surface area (TPSA) is 446 Å². The van der Waals surface area contributed by atoms with Crippen LogP contribution in [0.5, 0.6) is 0 Å². The van der Waals surface area contributed by atoms with Gasteiger partial charge in [0.05, 0.1) is 31.5 Å². The number of imidazole rings is 1. The minimum absolute atomic E-state index is 0.0139. The van der Waals surface area contributed by atoms with Gasteiger partial charge in [-0.1, -0.05) is 13.8 Å². The van der Waals surface area contributed by atoms with E-state index in [0.29, 0.717) is 5.69 Å². The van der Waals surface area contributed by atoms with Crippen molar-refractivity contribution in [1.82, 2.24) is 41.9 Å². The number of amides is 6. The monoisotopic (exact) mass is 856 g/mol. The van der Waals surface area contributed by atoms with E-state index in [9.17, 15) is 58.5 Å². The van der Waals surface area contributed by atoms with Gasteiger partial charge in [0.15, 0.2) is 5.96 Å². The van der Waals surface area contributed by atoms with E-state index in [-0.39, 0.29) is 44.1 Å². The third-order valence-corrected chi connectivity index (χ3v) is 8.40. The van der Waals surface area contributed by atoms with Gasteiger partial charge in [-0.3, -0.25) is 43.3 Å². The Bertz CT molecular complexity index is 1670. The first-order valence-electron chi connectivity index (χ1n) is 18.6. The van der Waals surface area contributed by atoms with Crippen LogP contribution < -0.4 is 49.1 Å². The molecule has 1 rings (SSSR count). The highest BCUT2D eigenvalue weighted by Gasteiger charge is 2.35. The first kappa shape index (κ1) is 51.6. The summed E-state index contributed by atoms with van der Waals surface area (Å²) in [7, 11) is 0. The number of nitrogens with zero attached hydrogens (tertiary/aromatic N) is 2. The third-order valence-electron chi connectivity index (χ3n) is 8.40. The Balaban J connectivity index is 3.32. The van der Waals surface area contributed by atoms with Crippen molar-refractivity contribution in [2.24, 2.45) is 28.1 Å². The molecular weight excluding hydrogens is 800 g/mol. The van der Waals surface area contributed by atoms with E-state index in [2.05, 4.69) is 46.9 Å². The number of hydrogen-bond acceptors (Lipinski definition) is 14. The number of carboxylic acids is 3. The van der Waals surface area contributed by atoms with Crippen molar-refractivity contribution >= 4 is 59.3 Å². The highest BCUT2D eigenvalue weighted by molar-refractivity contribution is 5.97. The van der Waals surface area contributed by atoms with Gasteiger partial charge >= 0.3 is 17.9 Å². The Labute approximate surface area is 343 Å². The predicted molar refractivity (Wildman–Crippen MR) is 207 cm³/mol. The van der Waals surface area contributed by atoms with E-state index in [4.69, 9.17) is 27.4 Å². The number of carbonyl (C=O) groups excluding carboxylic acids is 6. The van der Waals surface area contributed by atoms with Gasteiger partial charge in [-0.05, 0) is 38.5 Å². The quantitative estimate of drug-likeness (QED) is 0.0212. The summed E-state index contributed by atoms with van der Waals surface area (Å²) < 4.78 is 0. The fourth-order valence-electron chi connectivity index (χ4n) is 5.32. The first-order valence-corrected chi connectivity index (χ1v) is 18.6. The van der Waals surface area contributed by atoms with Crippen molar-refractivity contribution in [3.63, 3.8) is 0 Å². The number of aliphatic imine (C=N–C) groups is 1. The average Bonchev–Trinajstić information content (AvgIpc) is 3.66. The maximum Gasteiger partial charge on any atom is 0.326 e. The predicted octanol–water partition coefficient (Wildman–Crippen LogP) is -5.91. The Kier molecular flexibility index (Phi) is 22.2. The van der Waals surface area contributed by atoms with Crippen LogP contribution >= 0.6 is 0 Å². The molecule has 0 bridgehead atoms. The summed E-state index contributed by atoms with van der Waals surface area (Å²) in [5, 5.41) is 61.7. The molecule has 0 spiro atoms. The molecule has 18 N–H and O–H groups in total. The molecule has 60 heavy (non-hydrogen) atoms. The fraction of sp³-hybridized carbons (Fsp3) is 0.618. The SMILES string of the molecule is CC(C)C[C@H](NC(=O)[C@H](Cc1cnc[nH]1)NC(=O)[C@H](CO)NC(=O)[C@H](CCCN=C(N)N)NC(=O)[C@@H](N)CC(=O)O)C(=O)N[C@H](C(=O)N[C@@H](CCC(=O)O)C(=O)O)[C@@H](C)O. The molecule has 1 heterocycles. The van der Waals surface area contributed by atoms with Gasteiger partial charge < -0.3 is 79.6 Å². The van der Waals surface area contributed by atoms with Crippen LogP contribution in [0.15, 0.2) is 17.5 Å². The molecule has 0 radical (unpaired) electrons. The summed E-state index contributed by atoms with van der Waals surface area (Å²) in [5.74, 6) is -11.1. The Morgan fingerprint density at radius 3 is 1.80 bits per heavy atom. The maximum absolute atomic E-state index is 13.8.